The van der Waals surface area contributed by atoms with Crippen LogP contribution in [0.5, 0.6) is 0 Å². The lowest BCUT2D eigenvalue weighted by molar-refractivity contribution is -0.120. The molecule has 3 nitrogen and oxygen atoms in total. The average Bonchev–Trinajstić information content (AvgIpc) is 2.29. The molecule has 1 heterocycles. The summed E-state index contributed by atoms with van der Waals surface area (Å²) in [6.07, 6.45) is 1.64. The molecule has 0 atom stereocenters. The van der Waals surface area contributed by atoms with Crippen LogP contribution < -0.4 is 0 Å². The predicted octanol–water partition coefficient (Wildman–Crippen LogP) is 3.34. The summed E-state index contributed by atoms with van der Waals surface area (Å²) in [6, 6.07) is 3.95. The van der Waals surface area contributed by atoms with E-state index in [1.807, 2.05) is 26.0 Å². The third kappa shape index (κ3) is 5.30. The van der Waals surface area contributed by atoms with E-state index in [1.54, 1.807) is 18.0 Å². The van der Waals surface area contributed by atoms with Gasteiger partial charge in [-0.3, -0.25) is 0 Å². The van der Waals surface area contributed by atoms with Crippen molar-refractivity contribution in [3.05, 3.63) is 22.8 Å². The first-order valence-electron chi connectivity index (χ1n) is 5.23. The molecule has 0 aliphatic heterocycles. The van der Waals surface area contributed by atoms with Gasteiger partial charge in [0.15, 0.2) is 6.29 Å². The van der Waals surface area contributed by atoms with Crippen molar-refractivity contribution in [2.24, 2.45) is 0 Å². The zero-order valence-corrected chi connectivity index (χ0v) is 11.9. The number of hydrogen-bond acceptors (Lipinski definition) is 4. The van der Waals surface area contributed by atoms with Crippen LogP contribution in [-0.4, -0.2) is 30.2 Å². The maximum atomic E-state index is 5.45. The number of rotatable bonds is 7. The quantitative estimate of drug-likeness (QED) is 0.571. The molecule has 5 heteroatoms. The number of nitrogens with zero attached hydrogens (tertiary/aromatic N) is 1. The summed E-state index contributed by atoms with van der Waals surface area (Å²) < 4.78 is 11.9. The van der Waals surface area contributed by atoms with Gasteiger partial charge in [0.25, 0.3) is 0 Å². The first-order chi connectivity index (χ1) is 7.76. The smallest absolute Gasteiger partial charge is 0.166 e. The molecule has 0 saturated heterocycles. The Labute approximate surface area is 109 Å². The Morgan fingerprint density at radius 3 is 2.50 bits per heavy atom. The van der Waals surface area contributed by atoms with Gasteiger partial charge in [0.05, 0.1) is 10.8 Å². The molecule has 0 bridgehead atoms. The molecule has 1 rings (SSSR count). The highest BCUT2D eigenvalue weighted by Crippen LogP contribution is 2.19. The Bertz CT molecular complexity index is 289. The highest BCUT2D eigenvalue weighted by atomic mass is 79.9. The highest BCUT2D eigenvalue weighted by molar-refractivity contribution is 9.10. The standard InChI is InChI=1S/C11H16BrNO2S/c1-3-14-11(15-4-2)8-16-10-6-5-9(12)7-13-10/h5-7,11H,3-4,8H2,1-2H3. The van der Waals surface area contributed by atoms with Gasteiger partial charge < -0.3 is 9.47 Å². The number of pyridine rings is 1. The van der Waals surface area contributed by atoms with Gasteiger partial charge in [-0.15, -0.1) is 11.8 Å². The fourth-order valence-corrected chi connectivity index (χ4v) is 2.14. The Balaban J connectivity index is 2.38. The van der Waals surface area contributed by atoms with Crippen LogP contribution in [0.25, 0.3) is 0 Å². The molecule has 0 aliphatic rings. The van der Waals surface area contributed by atoms with Crippen LogP contribution >= 0.6 is 27.7 Å². The summed E-state index contributed by atoms with van der Waals surface area (Å²) in [5.74, 6) is 0.760. The minimum Gasteiger partial charge on any atom is -0.352 e. The summed E-state index contributed by atoms with van der Waals surface area (Å²) in [4.78, 5) is 4.28. The van der Waals surface area contributed by atoms with Gasteiger partial charge in [-0.2, -0.15) is 0 Å². The van der Waals surface area contributed by atoms with Crippen LogP contribution in [0.15, 0.2) is 27.8 Å². The van der Waals surface area contributed by atoms with Crippen LogP contribution in [0.4, 0.5) is 0 Å². The molecular formula is C11H16BrNO2S. The number of thioether (sulfide) groups is 1. The molecule has 0 aromatic carbocycles. The summed E-state index contributed by atoms with van der Waals surface area (Å²) in [6.45, 7) is 5.26. The van der Waals surface area contributed by atoms with Gasteiger partial charge in [0.1, 0.15) is 0 Å². The molecule has 0 N–H and O–H groups in total. The first-order valence-corrected chi connectivity index (χ1v) is 7.01. The van der Waals surface area contributed by atoms with Gasteiger partial charge in [-0.05, 0) is 41.9 Å². The van der Waals surface area contributed by atoms with Gasteiger partial charge >= 0.3 is 0 Å². The molecule has 0 saturated carbocycles. The molecule has 0 fully saturated rings. The van der Waals surface area contributed by atoms with E-state index in [0.717, 1.165) is 15.3 Å². The summed E-state index contributed by atoms with van der Waals surface area (Å²) >= 11 is 4.99. The Morgan fingerprint density at radius 1 is 1.31 bits per heavy atom. The molecule has 1 aromatic rings. The number of halogens is 1. The van der Waals surface area contributed by atoms with Crippen molar-refractivity contribution in [2.45, 2.75) is 25.2 Å². The normalized spacial score (nSPS) is 11.0. The van der Waals surface area contributed by atoms with Crippen molar-refractivity contribution < 1.29 is 9.47 Å². The fraction of sp³-hybridized carbons (Fsp3) is 0.545. The zero-order chi connectivity index (χ0) is 11.8. The van der Waals surface area contributed by atoms with Gasteiger partial charge in [0, 0.05) is 23.9 Å². The maximum absolute atomic E-state index is 5.45. The molecule has 0 amide bonds. The van der Waals surface area contributed by atoms with Crippen LogP contribution in [0.1, 0.15) is 13.8 Å². The second-order valence-electron chi connectivity index (χ2n) is 2.97. The van der Waals surface area contributed by atoms with E-state index in [9.17, 15) is 0 Å². The van der Waals surface area contributed by atoms with Gasteiger partial charge in [0.2, 0.25) is 0 Å². The second kappa shape index (κ2) is 8.06. The molecule has 90 valence electrons. The van der Waals surface area contributed by atoms with Crippen molar-refractivity contribution in [2.75, 3.05) is 19.0 Å². The van der Waals surface area contributed by atoms with E-state index in [4.69, 9.17) is 9.47 Å². The Morgan fingerprint density at radius 2 is 2.00 bits per heavy atom. The molecule has 0 spiro atoms. The largest absolute Gasteiger partial charge is 0.352 e. The van der Waals surface area contributed by atoms with Crippen molar-refractivity contribution >= 4 is 27.7 Å². The fourth-order valence-electron chi connectivity index (χ4n) is 1.12. The minimum absolute atomic E-state index is 0.148. The third-order valence-corrected chi connectivity index (χ3v) is 3.22. The summed E-state index contributed by atoms with van der Waals surface area (Å²) in [7, 11) is 0. The van der Waals surface area contributed by atoms with Crippen molar-refractivity contribution in [1.29, 1.82) is 0 Å². The lowest BCUT2D eigenvalue weighted by Crippen LogP contribution is -2.20. The van der Waals surface area contributed by atoms with E-state index < -0.39 is 0 Å². The van der Waals surface area contributed by atoms with Crippen molar-refractivity contribution in [3.8, 4) is 0 Å². The van der Waals surface area contributed by atoms with E-state index in [2.05, 4.69) is 20.9 Å². The molecule has 0 unspecified atom stereocenters. The lowest BCUT2D eigenvalue weighted by atomic mass is 10.5. The van der Waals surface area contributed by atoms with Crippen LogP contribution in [0, 0.1) is 0 Å². The summed E-state index contributed by atoms with van der Waals surface area (Å²) in [5.41, 5.74) is 0. The highest BCUT2D eigenvalue weighted by Gasteiger charge is 2.08. The average molecular weight is 306 g/mol. The topological polar surface area (TPSA) is 31.4 Å². The van der Waals surface area contributed by atoms with Crippen LogP contribution in [0.3, 0.4) is 0 Å². The van der Waals surface area contributed by atoms with Gasteiger partial charge in [-0.1, -0.05) is 0 Å². The molecule has 0 radical (unpaired) electrons. The number of ether oxygens (including phenoxy) is 2. The molecule has 16 heavy (non-hydrogen) atoms. The second-order valence-corrected chi connectivity index (χ2v) is 4.92. The van der Waals surface area contributed by atoms with E-state index >= 15 is 0 Å². The zero-order valence-electron chi connectivity index (χ0n) is 9.48. The van der Waals surface area contributed by atoms with E-state index in [0.29, 0.717) is 13.2 Å². The maximum Gasteiger partial charge on any atom is 0.166 e. The monoisotopic (exact) mass is 305 g/mol. The van der Waals surface area contributed by atoms with E-state index in [-0.39, 0.29) is 6.29 Å². The van der Waals surface area contributed by atoms with Crippen LogP contribution in [0.2, 0.25) is 0 Å². The SMILES string of the molecule is CCOC(CSc1ccc(Br)cn1)OCC. The van der Waals surface area contributed by atoms with E-state index in [1.165, 1.54) is 0 Å². The van der Waals surface area contributed by atoms with Gasteiger partial charge in [-0.25, -0.2) is 4.98 Å². The number of aromatic nitrogens is 1. The van der Waals surface area contributed by atoms with Crippen molar-refractivity contribution in [1.82, 2.24) is 4.98 Å². The Hall–Kier alpha value is -0.100. The third-order valence-electron chi connectivity index (χ3n) is 1.77. The summed E-state index contributed by atoms with van der Waals surface area (Å²) in [5, 5.41) is 0.979. The molecule has 0 aliphatic carbocycles. The van der Waals surface area contributed by atoms with Crippen LogP contribution in [-0.2, 0) is 9.47 Å². The molecular weight excluding hydrogens is 290 g/mol. The minimum atomic E-state index is -0.148. The Kier molecular flexibility index (Phi) is 7.03. The predicted molar refractivity (Wildman–Crippen MR) is 69.7 cm³/mol. The number of hydrogen-bond donors (Lipinski definition) is 0. The molecule has 1 aromatic heterocycles. The first kappa shape index (κ1) is 14.0. The van der Waals surface area contributed by atoms with Crippen molar-refractivity contribution in [3.63, 3.8) is 0 Å². The lowest BCUT2D eigenvalue weighted by Gasteiger charge is -2.15.